The Morgan fingerprint density at radius 1 is 1.30 bits per heavy atom. The average molecular weight is 366 g/mol. The zero-order chi connectivity index (χ0) is 18.8. The molecule has 2 aliphatic rings. The van der Waals surface area contributed by atoms with Crippen LogP contribution in [-0.2, 0) is 9.59 Å². The van der Waals surface area contributed by atoms with E-state index < -0.39 is 0 Å². The van der Waals surface area contributed by atoms with Crippen LogP contribution in [0.5, 0.6) is 0 Å². The number of carbonyl (C=O) groups is 2. The van der Waals surface area contributed by atoms with Crippen LogP contribution in [0.1, 0.15) is 37.5 Å². The summed E-state index contributed by atoms with van der Waals surface area (Å²) in [6.07, 6.45) is 5.08. The molecular formula is C20H22N4O3. The van der Waals surface area contributed by atoms with Gasteiger partial charge in [0.05, 0.1) is 5.92 Å². The lowest BCUT2D eigenvalue weighted by atomic mass is 9.97. The van der Waals surface area contributed by atoms with Gasteiger partial charge in [0.25, 0.3) is 0 Å². The third kappa shape index (κ3) is 3.92. The number of amides is 2. The molecule has 1 aliphatic heterocycles. The number of piperidine rings is 1. The van der Waals surface area contributed by atoms with Crippen LogP contribution < -0.4 is 5.32 Å². The van der Waals surface area contributed by atoms with Crippen molar-refractivity contribution in [3.05, 3.63) is 42.8 Å². The van der Waals surface area contributed by atoms with Gasteiger partial charge in [-0.2, -0.15) is 4.98 Å². The van der Waals surface area contributed by atoms with Crippen molar-refractivity contribution in [2.75, 3.05) is 18.4 Å². The molecule has 1 saturated heterocycles. The van der Waals surface area contributed by atoms with Gasteiger partial charge in [0.15, 0.2) is 0 Å². The first-order valence-corrected chi connectivity index (χ1v) is 9.30. The number of aromatic nitrogens is 2. The van der Waals surface area contributed by atoms with Crippen LogP contribution in [0.25, 0.3) is 11.4 Å². The summed E-state index contributed by atoms with van der Waals surface area (Å²) in [6, 6.07) is 7.42. The minimum absolute atomic E-state index is 0.0829. The molecule has 4 rings (SSSR count). The average Bonchev–Trinajstić information content (AvgIpc) is 3.44. The van der Waals surface area contributed by atoms with Gasteiger partial charge >= 0.3 is 0 Å². The first-order valence-electron chi connectivity index (χ1n) is 9.30. The molecule has 1 aliphatic carbocycles. The predicted octanol–water partition coefficient (Wildman–Crippen LogP) is 2.98. The van der Waals surface area contributed by atoms with Crippen LogP contribution in [0.15, 0.2) is 41.4 Å². The van der Waals surface area contributed by atoms with Crippen molar-refractivity contribution in [3.63, 3.8) is 0 Å². The van der Waals surface area contributed by atoms with Gasteiger partial charge in [-0.25, -0.2) is 0 Å². The molecule has 0 radical (unpaired) electrons. The van der Waals surface area contributed by atoms with Crippen LogP contribution in [0.2, 0.25) is 0 Å². The molecule has 2 amide bonds. The number of nitrogens with one attached hydrogen (secondary N) is 1. The highest BCUT2D eigenvalue weighted by Gasteiger charge is 2.30. The molecule has 7 heteroatoms. The first-order chi connectivity index (χ1) is 13.1. The Hall–Kier alpha value is -2.96. The highest BCUT2D eigenvalue weighted by atomic mass is 16.5. The smallest absolute Gasteiger partial charge is 0.245 e. The number of carbonyl (C=O) groups excluding carboxylic acids is 2. The Morgan fingerprint density at radius 3 is 2.93 bits per heavy atom. The maximum atomic E-state index is 12.6. The highest BCUT2D eigenvalue weighted by Crippen LogP contribution is 2.39. The number of likely N-dealkylation sites (tertiary alicyclic amines) is 1. The molecule has 140 valence electrons. The standard InChI is InChI=1S/C20H22N4O3/c1-2-17(25)24-10-4-6-15(12-24)19(26)21-16-7-3-5-14(11-16)18-22-20(27-23-18)13-8-9-13/h2-3,5,7,11,13,15H,1,4,6,8-10,12H2,(H,21,26)/t15-/m1/s1. The van der Waals surface area contributed by atoms with E-state index >= 15 is 0 Å². The van der Waals surface area contributed by atoms with Crippen molar-refractivity contribution in [2.24, 2.45) is 5.92 Å². The molecule has 0 bridgehead atoms. The molecule has 1 N–H and O–H groups in total. The molecule has 1 saturated carbocycles. The van der Waals surface area contributed by atoms with Crippen molar-refractivity contribution in [1.29, 1.82) is 0 Å². The predicted molar refractivity (Wildman–Crippen MR) is 99.8 cm³/mol. The van der Waals surface area contributed by atoms with E-state index in [2.05, 4.69) is 22.0 Å². The molecule has 1 aromatic heterocycles. The summed E-state index contributed by atoms with van der Waals surface area (Å²) < 4.78 is 5.31. The van der Waals surface area contributed by atoms with E-state index in [9.17, 15) is 9.59 Å². The molecule has 1 atom stereocenters. The van der Waals surface area contributed by atoms with Gasteiger partial charge in [-0.15, -0.1) is 0 Å². The summed E-state index contributed by atoms with van der Waals surface area (Å²) in [6.45, 7) is 4.61. The van der Waals surface area contributed by atoms with Gasteiger partial charge in [-0.05, 0) is 43.9 Å². The number of hydrogen-bond acceptors (Lipinski definition) is 5. The molecule has 2 heterocycles. The zero-order valence-electron chi connectivity index (χ0n) is 15.1. The van der Waals surface area contributed by atoms with Gasteiger partial charge in [-0.1, -0.05) is 23.9 Å². The highest BCUT2D eigenvalue weighted by molar-refractivity contribution is 5.94. The van der Waals surface area contributed by atoms with Crippen molar-refractivity contribution < 1.29 is 14.1 Å². The van der Waals surface area contributed by atoms with Crippen LogP contribution >= 0.6 is 0 Å². The number of hydrogen-bond donors (Lipinski definition) is 1. The van der Waals surface area contributed by atoms with Crippen LogP contribution in [-0.4, -0.2) is 39.9 Å². The van der Waals surface area contributed by atoms with E-state index in [1.54, 1.807) is 4.90 Å². The van der Waals surface area contributed by atoms with Gasteiger partial charge in [0.1, 0.15) is 0 Å². The summed E-state index contributed by atoms with van der Waals surface area (Å²) >= 11 is 0. The number of rotatable bonds is 5. The minimum atomic E-state index is -0.224. The van der Waals surface area contributed by atoms with E-state index in [4.69, 9.17) is 4.52 Å². The quantitative estimate of drug-likeness (QED) is 0.822. The van der Waals surface area contributed by atoms with Crippen molar-refractivity contribution >= 4 is 17.5 Å². The fourth-order valence-electron chi connectivity index (χ4n) is 3.35. The van der Waals surface area contributed by atoms with Gasteiger partial charge in [0, 0.05) is 30.3 Å². The molecule has 2 aromatic rings. The van der Waals surface area contributed by atoms with E-state index in [1.807, 2.05) is 24.3 Å². The lowest BCUT2D eigenvalue weighted by molar-refractivity contribution is -0.130. The normalized spacial score (nSPS) is 19.6. The maximum Gasteiger partial charge on any atom is 0.245 e. The number of benzene rings is 1. The molecule has 2 fully saturated rings. The van der Waals surface area contributed by atoms with E-state index in [0.717, 1.165) is 31.2 Å². The fourth-order valence-corrected chi connectivity index (χ4v) is 3.35. The Morgan fingerprint density at radius 2 is 2.15 bits per heavy atom. The summed E-state index contributed by atoms with van der Waals surface area (Å²) in [7, 11) is 0. The van der Waals surface area contributed by atoms with E-state index in [0.29, 0.717) is 36.4 Å². The topological polar surface area (TPSA) is 88.3 Å². The SMILES string of the molecule is C=CC(=O)N1CCC[C@@H](C(=O)Nc2cccc(-c3noc(C4CC4)n3)c2)C1. The molecule has 0 spiro atoms. The van der Waals surface area contributed by atoms with E-state index in [1.165, 1.54) is 6.08 Å². The molecule has 7 nitrogen and oxygen atoms in total. The molecular weight excluding hydrogens is 344 g/mol. The van der Waals surface area contributed by atoms with Gasteiger partial charge in [-0.3, -0.25) is 9.59 Å². The fraction of sp³-hybridized carbons (Fsp3) is 0.400. The van der Waals surface area contributed by atoms with Crippen LogP contribution in [0.4, 0.5) is 5.69 Å². The van der Waals surface area contributed by atoms with E-state index in [-0.39, 0.29) is 17.7 Å². The monoisotopic (exact) mass is 366 g/mol. The maximum absolute atomic E-state index is 12.6. The summed E-state index contributed by atoms with van der Waals surface area (Å²) in [5.74, 6) is 1.19. The number of nitrogens with zero attached hydrogens (tertiary/aromatic N) is 3. The summed E-state index contributed by atoms with van der Waals surface area (Å²) in [5.41, 5.74) is 1.48. The van der Waals surface area contributed by atoms with Crippen LogP contribution in [0.3, 0.4) is 0 Å². The number of anilines is 1. The summed E-state index contributed by atoms with van der Waals surface area (Å²) in [4.78, 5) is 30.6. The lowest BCUT2D eigenvalue weighted by Gasteiger charge is -2.31. The molecule has 1 aromatic carbocycles. The van der Waals surface area contributed by atoms with Gasteiger partial charge < -0.3 is 14.7 Å². The lowest BCUT2D eigenvalue weighted by Crippen LogP contribution is -2.43. The second kappa shape index (κ2) is 7.34. The van der Waals surface area contributed by atoms with Crippen molar-refractivity contribution in [2.45, 2.75) is 31.6 Å². The Labute approximate surface area is 157 Å². The second-order valence-electron chi connectivity index (χ2n) is 7.13. The Balaban J connectivity index is 1.43. The third-order valence-corrected chi connectivity index (χ3v) is 5.04. The van der Waals surface area contributed by atoms with Gasteiger partial charge in [0.2, 0.25) is 23.5 Å². The summed E-state index contributed by atoms with van der Waals surface area (Å²) in [5, 5.41) is 7.00. The third-order valence-electron chi connectivity index (χ3n) is 5.04. The zero-order valence-corrected chi connectivity index (χ0v) is 15.1. The first kappa shape index (κ1) is 17.5. The largest absolute Gasteiger partial charge is 0.339 e. The minimum Gasteiger partial charge on any atom is -0.339 e. The van der Waals surface area contributed by atoms with Crippen molar-refractivity contribution in [3.8, 4) is 11.4 Å². The molecule has 0 unspecified atom stereocenters. The van der Waals surface area contributed by atoms with Crippen molar-refractivity contribution in [1.82, 2.24) is 15.0 Å². The second-order valence-corrected chi connectivity index (χ2v) is 7.13. The molecule has 27 heavy (non-hydrogen) atoms. The van der Waals surface area contributed by atoms with Crippen LogP contribution in [0, 0.1) is 5.92 Å². The Kier molecular flexibility index (Phi) is 4.75. The Bertz CT molecular complexity index is 872.